The first-order valence-electron chi connectivity index (χ1n) is 10.1. The fourth-order valence-electron chi connectivity index (χ4n) is 4.90. The summed E-state index contributed by atoms with van der Waals surface area (Å²) in [5.41, 5.74) is 4.50. The lowest BCUT2D eigenvalue weighted by atomic mass is 9.71. The summed E-state index contributed by atoms with van der Waals surface area (Å²) >= 11 is 0. The largest absolute Gasteiger partial charge is 0.368 e. The molecule has 2 atom stereocenters. The molecule has 3 aliphatic rings. The SMILES string of the molecule is Cc1cccc(N2CCN(C(=O)C3CCC4(CC4)CC3C(=O)NO)CC2)c1. The van der Waals surface area contributed by atoms with Gasteiger partial charge in [0.05, 0.1) is 5.92 Å². The Morgan fingerprint density at radius 3 is 2.48 bits per heavy atom. The van der Waals surface area contributed by atoms with E-state index in [1.54, 1.807) is 5.48 Å². The van der Waals surface area contributed by atoms with E-state index in [4.69, 9.17) is 5.21 Å². The predicted octanol–water partition coefficient (Wildman–Crippen LogP) is 2.35. The van der Waals surface area contributed by atoms with Crippen LogP contribution in [-0.2, 0) is 9.59 Å². The fourth-order valence-corrected chi connectivity index (χ4v) is 4.90. The third kappa shape index (κ3) is 3.68. The second kappa shape index (κ2) is 7.15. The maximum atomic E-state index is 13.2. The highest BCUT2D eigenvalue weighted by molar-refractivity contribution is 5.87. The van der Waals surface area contributed by atoms with E-state index in [1.807, 2.05) is 4.90 Å². The van der Waals surface area contributed by atoms with Crippen molar-refractivity contribution in [1.82, 2.24) is 10.4 Å². The second-order valence-corrected chi connectivity index (χ2v) is 8.58. The van der Waals surface area contributed by atoms with Gasteiger partial charge in [-0.05, 0) is 62.1 Å². The number of rotatable bonds is 3. The van der Waals surface area contributed by atoms with Crippen molar-refractivity contribution in [2.45, 2.75) is 39.0 Å². The summed E-state index contributed by atoms with van der Waals surface area (Å²) in [6.07, 6.45) is 4.83. The van der Waals surface area contributed by atoms with Gasteiger partial charge in [0, 0.05) is 37.8 Å². The van der Waals surface area contributed by atoms with Crippen LogP contribution in [0.25, 0.3) is 0 Å². The standard InChI is InChI=1S/C21H29N3O3/c1-15-3-2-4-16(13-15)23-9-11-24(12-10-23)20(26)17-5-6-21(7-8-21)14-18(17)19(25)22-27/h2-4,13,17-18,27H,5-12,14H2,1H3,(H,22,25). The minimum atomic E-state index is -0.395. The molecule has 2 N–H and O–H groups in total. The molecule has 2 unspecified atom stereocenters. The van der Waals surface area contributed by atoms with Gasteiger partial charge in [-0.15, -0.1) is 0 Å². The molecule has 1 aromatic carbocycles. The van der Waals surface area contributed by atoms with Crippen molar-refractivity contribution < 1.29 is 14.8 Å². The Morgan fingerprint density at radius 2 is 1.85 bits per heavy atom. The molecular weight excluding hydrogens is 342 g/mol. The quantitative estimate of drug-likeness (QED) is 0.632. The fraction of sp³-hybridized carbons (Fsp3) is 0.619. The summed E-state index contributed by atoms with van der Waals surface area (Å²) in [6, 6.07) is 8.44. The minimum absolute atomic E-state index is 0.0861. The average molecular weight is 371 g/mol. The molecule has 2 amide bonds. The van der Waals surface area contributed by atoms with Crippen LogP contribution < -0.4 is 10.4 Å². The normalized spacial score (nSPS) is 26.7. The van der Waals surface area contributed by atoms with Crippen molar-refractivity contribution in [2.24, 2.45) is 17.3 Å². The van der Waals surface area contributed by atoms with E-state index < -0.39 is 11.8 Å². The Labute approximate surface area is 160 Å². The number of amides is 2. The third-order valence-corrected chi connectivity index (χ3v) is 6.80. The van der Waals surface area contributed by atoms with Crippen molar-refractivity contribution in [1.29, 1.82) is 0 Å². The van der Waals surface area contributed by atoms with Crippen molar-refractivity contribution >= 4 is 17.5 Å². The van der Waals surface area contributed by atoms with Crippen LogP contribution in [0.3, 0.4) is 0 Å². The first-order chi connectivity index (χ1) is 13.0. The van der Waals surface area contributed by atoms with E-state index in [1.165, 1.54) is 11.3 Å². The van der Waals surface area contributed by atoms with E-state index in [0.717, 1.165) is 45.2 Å². The predicted molar refractivity (Wildman–Crippen MR) is 102 cm³/mol. The molecule has 1 spiro atoms. The van der Waals surface area contributed by atoms with E-state index in [2.05, 4.69) is 36.1 Å². The van der Waals surface area contributed by atoms with Crippen molar-refractivity contribution in [2.75, 3.05) is 31.1 Å². The Bertz CT molecular complexity index is 723. The number of aryl methyl sites for hydroxylation is 1. The number of nitrogens with one attached hydrogen (secondary N) is 1. The summed E-state index contributed by atoms with van der Waals surface area (Å²) in [4.78, 5) is 29.6. The molecule has 4 rings (SSSR count). The topological polar surface area (TPSA) is 72.9 Å². The lowest BCUT2D eigenvalue weighted by molar-refractivity contribution is -0.148. The molecule has 3 fully saturated rings. The van der Waals surface area contributed by atoms with Gasteiger partial charge >= 0.3 is 0 Å². The maximum Gasteiger partial charge on any atom is 0.247 e. The monoisotopic (exact) mass is 371 g/mol. The highest BCUT2D eigenvalue weighted by Gasteiger charge is 2.52. The molecule has 6 nitrogen and oxygen atoms in total. The van der Waals surface area contributed by atoms with Crippen LogP contribution in [0.15, 0.2) is 24.3 Å². The number of carbonyl (C=O) groups excluding carboxylic acids is 2. The zero-order valence-electron chi connectivity index (χ0n) is 16.0. The van der Waals surface area contributed by atoms with Crippen LogP contribution in [-0.4, -0.2) is 48.1 Å². The summed E-state index contributed by atoms with van der Waals surface area (Å²) in [6.45, 7) is 5.07. The zero-order chi connectivity index (χ0) is 19.0. The lowest BCUT2D eigenvalue weighted by Gasteiger charge is -2.41. The maximum absolute atomic E-state index is 13.2. The molecule has 1 aromatic rings. The smallest absolute Gasteiger partial charge is 0.247 e. The van der Waals surface area contributed by atoms with Gasteiger partial charge in [-0.1, -0.05) is 12.1 Å². The molecule has 2 aliphatic carbocycles. The second-order valence-electron chi connectivity index (χ2n) is 8.58. The van der Waals surface area contributed by atoms with Crippen LogP contribution >= 0.6 is 0 Å². The molecule has 1 aliphatic heterocycles. The van der Waals surface area contributed by atoms with Crippen LogP contribution in [0.2, 0.25) is 0 Å². The van der Waals surface area contributed by atoms with Crippen LogP contribution in [0, 0.1) is 24.2 Å². The lowest BCUT2D eigenvalue weighted by Crippen LogP contribution is -2.53. The highest BCUT2D eigenvalue weighted by atomic mass is 16.5. The van der Waals surface area contributed by atoms with Gasteiger partial charge in [0.2, 0.25) is 11.8 Å². The number of anilines is 1. The summed E-state index contributed by atoms with van der Waals surface area (Å²) in [5.74, 6) is -0.997. The molecule has 0 bridgehead atoms. The summed E-state index contributed by atoms with van der Waals surface area (Å²) in [5, 5.41) is 9.14. The Kier molecular flexibility index (Phi) is 4.84. The zero-order valence-corrected chi connectivity index (χ0v) is 16.0. The third-order valence-electron chi connectivity index (χ3n) is 6.80. The van der Waals surface area contributed by atoms with E-state index in [0.29, 0.717) is 13.1 Å². The molecule has 146 valence electrons. The molecule has 27 heavy (non-hydrogen) atoms. The minimum Gasteiger partial charge on any atom is -0.368 e. The van der Waals surface area contributed by atoms with Gasteiger partial charge in [0.25, 0.3) is 0 Å². The van der Waals surface area contributed by atoms with E-state index >= 15 is 0 Å². The Hall–Kier alpha value is -2.08. The van der Waals surface area contributed by atoms with Gasteiger partial charge in [-0.2, -0.15) is 0 Å². The van der Waals surface area contributed by atoms with Crippen LogP contribution in [0.4, 0.5) is 5.69 Å². The van der Waals surface area contributed by atoms with E-state index in [9.17, 15) is 9.59 Å². The molecular formula is C21H29N3O3. The highest BCUT2D eigenvalue weighted by Crippen LogP contribution is 2.59. The molecule has 1 heterocycles. The first-order valence-corrected chi connectivity index (χ1v) is 10.1. The molecule has 6 heteroatoms. The summed E-state index contributed by atoms with van der Waals surface area (Å²) < 4.78 is 0. The van der Waals surface area contributed by atoms with Gasteiger partial charge in [-0.3, -0.25) is 14.8 Å². The van der Waals surface area contributed by atoms with Crippen molar-refractivity contribution in [3.05, 3.63) is 29.8 Å². The number of nitrogens with zero attached hydrogens (tertiary/aromatic N) is 2. The van der Waals surface area contributed by atoms with Gasteiger partial charge < -0.3 is 9.80 Å². The number of hydrogen-bond donors (Lipinski definition) is 2. The van der Waals surface area contributed by atoms with Gasteiger partial charge in [-0.25, -0.2) is 5.48 Å². The molecule has 2 saturated carbocycles. The number of hydrogen-bond acceptors (Lipinski definition) is 4. The van der Waals surface area contributed by atoms with Crippen LogP contribution in [0.1, 0.15) is 37.7 Å². The Balaban J connectivity index is 1.40. The number of piperazine rings is 1. The molecule has 0 aromatic heterocycles. The number of benzene rings is 1. The van der Waals surface area contributed by atoms with Gasteiger partial charge in [0.15, 0.2) is 0 Å². The number of carbonyl (C=O) groups is 2. The summed E-state index contributed by atoms with van der Waals surface area (Å²) in [7, 11) is 0. The molecule has 0 radical (unpaired) electrons. The van der Waals surface area contributed by atoms with E-state index in [-0.39, 0.29) is 17.2 Å². The van der Waals surface area contributed by atoms with Crippen molar-refractivity contribution in [3.8, 4) is 0 Å². The first kappa shape index (κ1) is 18.3. The van der Waals surface area contributed by atoms with Crippen LogP contribution in [0.5, 0.6) is 0 Å². The molecule has 1 saturated heterocycles. The van der Waals surface area contributed by atoms with Gasteiger partial charge in [0.1, 0.15) is 0 Å². The average Bonchev–Trinajstić information content (AvgIpc) is 3.45. The Morgan fingerprint density at radius 1 is 1.11 bits per heavy atom. The number of hydroxylamine groups is 1. The van der Waals surface area contributed by atoms with Crippen molar-refractivity contribution in [3.63, 3.8) is 0 Å².